The van der Waals surface area contributed by atoms with Crippen molar-refractivity contribution < 1.29 is 8.42 Å². The van der Waals surface area contributed by atoms with Crippen LogP contribution in [0.25, 0.3) is 0 Å². The zero-order valence-corrected chi connectivity index (χ0v) is 10.5. The lowest BCUT2D eigenvalue weighted by molar-refractivity contribution is 0.251. The summed E-state index contributed by atoms with van der Waals surface area (Å²) in [5, 5.41) is 3.49. The number of hydrogen-bond donors (Lipinski definition) is 1. The summed E-state index contributed by atoms with van der Waals surface area (Å²) in [6.45, 7) is 0. The van der Waals surface area contributed by atoms with Crippen LogP contribution in [0.2, 0.25) is 0 Å². The van der Waals surface area contributed by atoms with Crippen LogP contribution in [-0.4, -0.2) is 43.1 Å². The molecule has 0 aromatic carbocycles. The Kier molecular flexibility index (Phi) is 2.53. The van der Waals surface area contributed by atoms with E-state index in [1.54, 1.807) is 11.4 Å². The molecule has 1 N–H and O–H groups in total. The maximum atomic E-state index is 12.1. The van der Waals surface area contributed by atoms with Gasteiger partial charge < -0.3 is 5.32 Å². The molecule has 16 heavy (non-hydrogen) atoms. The van der Waals surface area contributed by atoms with Crippen molar-refractivity contribution in [1.29, 1.82) is 0 Å². The largest absolute Gasteiger partial charge is 0.311 e. The third-order valence-electron chi connectivity index (χ3n) is 4.31. The summed E-state index contributed by atoms with van der Waals surface area (Å²) in [5.41, 5.74) is 0. The van der Waals surface area contributed by atoms with Gasteiger partial charge in [-0.2, -0.15) is 0 Å². The highest BCUT2D eigenvalue weighted by molar-refractivity contribution is 7.90. The Hall–Kier alpha value is -0.130. The van der Waals surface area contributed by atoms with Crippen LogP contribution in [0.4, 0.5) is 0 Å². The van der Waals surface area contributed by atoms with E-state index >= 15 is 0 Å². The van der Waals surface area contributed by atoms with Gasteiger partial charge in [0.15, 0.2) is 0 Å². The van der Waals surface area contributed by atoms with E-state index in [4.69, 9.17) is 0 Å². The Labute approximate surface area is 97.4 Å². The van der Waals surface area contributed by atoms with Gasteiger partial charge >= 0.3 is 0 Å². The van der Waals surface area contributed by atoms with E-state index in [1.165, 1.54) is 12.8 Å². The van der Waals surface area contributed by atoms with Gasteiger partial charge in [0.2, 0.25) is 10.0 Å². The van der Waals surface area contributed by atoms with Crippen molar-refractivity contribution >= 4 is 10.0 Å². The monoisotopic (exact) mass is 244 g/mol. The molecule has 0 aromatic rings. The van der Waals surface area contributed by atoms with Crippen LogP contribution in [0.15, 0.2) is 0 Å². The minimum absolute atomic E-state index is 0.0648. The van der Waals surface area contributed by atoms with Gasteiger partial charge in [-0.15, -0.1) is 0 Å². The van der Waals surface area contributed by atoms with Crippen molar-refractivity contribution in [3.63, 3.8) is 0 Å². The molecule has 3 fully saturated rings. The molecule has 0 amide bonds. The van der Waals surface area contributed by atoms with Gasteiger partial charge in [0.05, 0.1) is 5.25 Å². The van der Waals surface area contributed by atoms with Crippen molar-refractivity contribution in [3.05, 3.63) is 0 Å². The fourth-order valence-corrected chi connectivity index (χ4v) is 4.92. The molecular formula is C11H20N2O2S. The second kappa shape index (κ2) is 3.68. The molecule has 2 heterocycles. The van der Waals surface area contributed by atoms with E-state index in [9.17, 15) is 8.42 Å². The van der Waals surface area contributed by atoms with Gasteiger partial charge in [0.1, 0.15) is 0 Å². The zero-order valence-electron chi connectivity index (χ0n) is 9.72. The van der Waals surface area contributed by atoms with Crippen LogP contribution in [0.3, 0.4) is 0 Å². The molecule has 0 aromatic heterocycles. The Balaban J connectivity index is 1.73. The zero-order chi connectivity index (χ0) is 11.3. The average Bonchev–Trinajstić information content (AvgIpc) is 3.05. The second-order valence-electron chi connectivity index (χ2n) is 5.52. The SMILES string of the molecule is CN(C1CC2CCC(C1)N2)S(=O)(=O)C1CC1. The van der Waals surface area contributed by atoms with Crippen LogP contribution >= 0.6 is 0 Å². The number of rotatable bonds is 3. The molecule has 0 radical (unpaired) electrons. The van der Waals surface area contributed by atoms with E-state index in [-0.39, 0.29) is 11.3 Å². The van der Waals surface area contributed by atoms with Crippen LogP contribution in [0.1, 0.15) is 38.5 Å². The fraction of sp³-hybridized carbons (Fsp3) is 1.00. The molecule has 2 aliphatic heterocycles. The Morgan fingerprint density at radius 3 is 2.12 bits per heavy atom. The number of piperidine rings is 1. The molecule has 3 aliphatic rings. The van der Waals surface area contributed by atoms with Crippen molar-refractivity contribution in [1.82, 2.24) is 9.62 Å². The van der Waals surface area contributed by atoms with Gasteiger partial charge in [0.25, 0.3) is 0 Å². The summed E-state index contributed by atoms with van der Waals surface area (Å²) in [6, 6.07) is 1.35. The lowest BCUT2D eigenvalue weighted by Crippen LogP contribution is -2.49. The van der Waals surface area contributed by atoms with Crippen molar-refractivity contribution in [2.45, 2.75) is 61.9 Å². The van der Waals surface area contributed by atoms with Crippen LogP contribution in [0, 0.1) is 0 Å². The van der Waals surface area contributed by atoms with Crippen LogP contribution in [-0.2, 0) is 10.0 Å². The number of fused-ring (bicyclic) bond motifs is 2. The maximum Gasteiger partial charge on any atom is 0.216 e. The third kappa shape index (κ3) is 1.79. The highest BCUT2D eigenvalue weighted by atomic mass is 32.2. The highest BCUT2D eigenvalue weighted by Crippen LogP contribution is 2.35. The van der Waals surface area contributed by atoms with Crippen molar-refractivity contribution in [2.75, 3.05) is 7.05 Å². The number of nitrogens with zero attached hydrogens (tertiary/aromatic N) is 1. The smallest absolute Gasteiger partial charge is 0.216 e. The normalized spacial score (nSPS) is 39.2. The van der Waals surface area contributed by atoms with E-state index in [2.05, 4.69) is 5.32 Å². The molecule has 4 nitrogen and oxygen atoms in total. The van der Waals surface area contributed by atoms with Gasteiger partial charge in [-0.25, -0.2) is 12.7 Å². The van der Waals surface area contributed by atoms with E-state index < -0.39 is 10.0 Å². The van der Waals surface area contributed by atoms with E-state index in [0.717, 1.165) is 25.7 Å². The lowest BCUT2D eigenvalue weighted by Gasteiger charge is -2.34. The second-order valence-corrected chi connectivity index (χ2v) is 7.80. The molecule has 5 heteroatoms. The molecule has 2 unspecified atom stereocenters. The Morgan fingerprint density at radius 2 is 1.62 bits per heavy atom. The molecular weight excluding hydrogens is 224 g/mol. The molecule has 92 valence electrons. The predicted molar refractivity (Wildman–Crippen MR) is 62.7 cm³/mol. The van der Waals surface area contributed by atoms with E-state index in [0.29, 0.717) is 12.1 Å². The fourth-order valence-electron chi connectivity index (χ4n) is 3.13. The summed E-state index contributed by atoms with van der Waals surface area (Å²) in [6.07, 6.45) is 6.17. The van der Waals surface area contributed by atoms with Crippen molar-refractivity contribution in [2.24, 2.45) is 0 Å². The van der Waals surface area contributed by atoms with Crippen LogP contribution in [0.5, 0.6) is 0 Å². The van der Waals surface area contributed by atoms with Crippen LogP contribution < -0.4 is 5.32 Å². The first-order valence-electron chi connectivity index (χ1n) is 6.30. The molecule has 1 aliphatic carbocycles. The first kappa shape index (κ1) is 11.0. The lowest BCUT2D eigenvalue weighted by atomic mass is 10.0. The van der Waals surface area contributed by atoms with Gasteiger partial charge in [-0.1, -0.05) is 0 Å². The average molecular weight is 244 g/mol. The van der Waals surface area contributed by atoms with Gasteiger partial charge in [0, 0.05) is 25.2 Å². The third-order valence-corrected chi connectivity index (χ3v) is 6.72. The summed E-state index contributed by atoms with van der Waals surface area (Å²) < 4.78 is 25.9. The summed E-state index contributed by atoms with van der Waals surface area (Å²) >= 11 is 0. The molecule has 2 atom stereocenters. The maximum absolute atomic E-state index is 12.1. The summed E-state index contributed by atoms with van der Waals surface area (Å²) in [7, 11) is -1.20. The minimum Gasteiger partial charge on any atom is -0.311 e. The topological polar surface area (TPSA) is 49.4 Å². The molecule has 2 bridgehead atoms. The number of sulfonamides is 1. The quantitative estimate of drug-likeness (QED) is 0.795. The predicted octanol–water partition coefficient (Wildman–Crippen LogP) is 0.693. The molecule has 2 saturated heterocycles. The van der Waals surface area contributed by atoms with Gasteiger partial charge in [-0.05, 0) is 38.5 Å². The minimum atomic E-state index is -2.98. The first-order chi connectivity index (χ1) is 7.57. The number of hydrogen-bond acceptors (Lipinski definition) is 3. The molecule has 0 spiro atoms. The summed E-state index contributed by atoms with van der Waals surface area (Å²) in [5.74, 6) is 0. The van der Waals surface area contributed by atoms with Gasteiger partial charge in [-0.3, -0.25) is 0 Å². The van der Waals surface area contributed by atoms with Crippen molar-refractivity contribution in [3.8, 4) is 0 Å². The number of nitrogens with one attached hydrogen (secondary N) is 1. The molecule has 3 rings (SSSR count). The first-order valence-corrected chi connectivity index (χ1v) is 7.80. The Morgan fingerprint density at radius 1 is 1.06 bits per heavy atom. The summed E-state index contributed by atoms with van der Waals surface area (Å²) in [4.78, 5) is 0. The highest BCUT2D eigenvalue weighted by Gasteiger charge is 2.44. The van der Waals surface area contributed by atoms with E-state index in [1.807, 2.05) is 0 Å². The standard InChI is InChI=1S/C11H20N2O2S/c1-13(16(14,15)11-4-5-11)10-6-8-2-3-9(7-10)12-8/h8-12H,2-7H2,1H3. The Bertz CT molecular complexity index is 365. The molecule has 1 saturated carbocycles.